The monoisotopic (exact) mass is 948 g/mol. The molecule has 2 unspecified atom stereocenters. The Morgan fingerprint density at radius 1 is 0.500 bits per heavy atom. The molecule has 68 heavy (non-hydrogen) atoms. The lowest BCUT2D eigenvalue weighted by Crippen LogP contribution is -2.48. The van der Waals surface area contributed by atoms with E-state index in [9.17, 15) is 36.6 Å². The first-order chi connectivity index (χ1) is 32.4. The Morgan fingerprint density at radius 3 is 1.40 bits per heavy atom. The molecule has 8 aromatic rings. The number of nitrogens with zero attached hydrogens (tertiary/aromatic N) is 12. The summed E-state index contributed by atoms with van der Waals surface area (Å²) in [7, 11) is 0. The first-order valence-corrected chi connectivity index (χ1v) is 19.6. The Morgan fingerprint density at radius 2 is 0.971 bits per heavy atom. The summed E-state index contributed by atoms with van der Waals surface area (Å²) in [6.07, 6.45) is 6.20. The van der Waals surface area contributed by atoms with Crippen LogP contribution in [0.5, 0.6) is 0 Å². The van der Waals surface area contributed by atoms with Gasteiger partial charge in [0, 0.05) is 35.0 Å². The summed E-state index contributed by atoms with van der Waals surface area (Å²) in [5, 5.41) is 43.1. The van der Waals surface area contributed by atoms with Gasteiger partial charge in [-0.3, -0.25) is 15.0 Å². The first kappa shape index (κ1) is 47.9. The van der Waals surface area contributed by atoms with Crippen molar-refractivity contribution in [3.8, 4) is 11.8 Å². The van der Waals surface area contributed by atoms with Gasteiger partial charge in [0.15, 0.2) is 23.9 Å². The van der Waals surface area contributed by atoms with Crippen LogP contribution < -0.4 is 0 Å². The Labute approximate surface area is 377 Å². The third kappa shape index (κ3) is 10.5. The number of aryl methyl sites for hydroxylation is 2. The second-order valence-electron chi connectivity index (χ2n) is 14.6. The Balaban J connectivity index is 0.000000201. The molecular formula is C44H30F10N12O2. The van der Waals surface area contributed by atoms with Crippen LogP contribution in [-0.4, -0.2) is 70.6 Å². The molecule has 14 nitrogen and oxygen atoms in total. The molecule has 0 radical (unpaired) electrons. The van der Waals surface area contributed by atoms with E-state index in [2.05, 4.69) is 62.6 Å². The zero-order chi connectivity index (χ0) is 48.7. The van der Waals surface area contributed by atoms with E-state index in [0.717, 1.165) is 55.0 Å². The molecule has 24 heteroatoms. The third-order valence-electron chi connectivity index (χ3n) is 10.1. The molecule has 4 aromatic heterocycles. The summed E-state index contributed by atoms with van der Waals surface area (Å²) in [5.74, 6) is -8.79. The zero-order valence-electron chi connectivity index (χ0n) is 34.4. The molecule has 0 fully saturated rings. The highest BCUT2D eigenvalue weighted by Crippen LogP contribution is 2.48. The molecule has 0 aliphatic heterocycles. The van der Waals surface area contributed by atoms with E-state index in [0.29, 0.717) is 58.1 Å². The summed E-state index contributed by atoms with van der Waals surface area (Å²) in [5.41, 5.74) is -8.61. The van der Waals surface area contributed by atoms with E-state index in [1.54, 1.807) is 12.1 Å². The predicted molar refractivity (Wildman–Crippen MR) is 214 cm³/mol. The van der Waals surface area contributed by atoms with E-state index in [4.69, 9.17) is 0 Å². The molecule has 4 heterocycles. The van der Waals surface area contributed by atoms with E-state index < -0.39 is 87.7 Å². The van der Waals surface area contributed by atoms with Crippen LogP contribution in [0.3, 0.4) is 0 Å². The quantitative estimate of drug-likeness (QED) is 0.0975. The second kappa shape index (κ2) is 19.8. The van der Waals surface area contributed by atoms with Gasteiger partial charge in [0.1, 0.15) is 65.1 Å². The van der Waals surface area contributed by atoms with Crippen LogP contribution in [0, 0.1) is 46.7 Å². The normalized spacial score (nSPS) is 13.4. The summed E-state index contributed by atoms with van der Waals surface area (Å²) in [4.78, 5) is 16.5. The van der Waals surface area contributed by atoms with Gasteiger partial charge in [0.2, 0.25) is 0 Å². The highest BCUT2D eigenvalue weighted by molar-refractivity contribution is 5.40. The van der Waals surface area contributed by atoms with Crippen LogP contribution in [0.1, 0.15) is 45.0 Å². The van der Waals surface area contributed by atoms with Crippen molar-refractivity contribution in [2.45, 2.75) is 49.0 Å². The molecular weight excluding hydrogens is 919 g/mol. The van der Waals surface area contributed by atoms with Gasteiger partial charge in [-0.25, -0.2) is 31.3 Å². The predicted octanol–water partition coefficient (Wildman–Crippen LogP) is 6.31. The van der Waals surface area contributed by atoms with Gasteiger partial charge in [-0.1, -0.05) is 18.1 Å². The fourth-order valence-electron chi connectivity index (χ4n) is 6.51. The van der Waals surface area contributed by atoms with Crippen LogP contribution >= 0.6 is 0 Å². The van der Waals surface area contributed by atoms with Gasteiger partial charge < -0.3 is 10.2 Å². The van der Waals surface area contributed by atoms with Gasteiger partial charge >= 0.3 is 11.8 Å². The number of aromatic nitrogens is 12. The Kier molecular flexibility index (Phi) is 14.0. The molecule has 8 rings (SSSR count). The number of benzene rings is 4. The zero-order valence-corrected chi connectivity index (χ0v) is 34.4. The minimum Gasteiger partial charge on any atom is -0.377 e. The number of tetrazole rings is 2. The van der Waals surface area contributed by atoms with E-state index >= 15 is 17.6 Å². The standard InChI is InChI=1S/C22H17F5N6O.C22H13F5N6O/c2*23-15-4-1-14(2-5-15)3-7-17-10-29-20(11-28-17)22(26,27)21(34,12-33-31-13-30-32-33)18-8-6-16(24)9-19(18)25/h1-2,4-6,8-11,13,34H,3,7,12H2;1-2,4-6,8-11,13,34H,12H2. The molecule has 0 spiro atoms. The van der Waals surface area contributed by atoms with Crippen LogP contribution in [0.25, 0.3) is 0 Å². The molecule has 348 valence electrons. The molecule has 0 amide bonds. The van der Waals surface area contributed by atoms with Crippen molar-refractivity contribution < 1.29 is 54.1 Å². The van der Waals surface area contributed by atoms with E-state index in [1.165, 1.54) is 36.4 Å². The summed E-state index contributed by atoms with van der Waals surface area (Å²) >= 11 is 0. The van der Waals surface area contributed by atoms with Gasteiger partial charge in [-0.15, -0.1) is 20.4 Å². The number of halogens is 10. The highest BCUT2D eigenvalue weighted by Gasteiger charge is 2.59. The van der Waals surface area contributed by atoms with Gasteiger partial charge in [-0.05, 0) is 95.4 Å². The average molecular weight is 949 g/mol. The minimum absolute atomic E-state index is 0.0123. The third-order valence-corrected chi connectivity index (χ3v) is 10.1. The van der Waals surface area contributed by atoms with Crippen molar-refractivity contribution in [1.82, 2.24) is 60.4 Å². The summed E-state index contributed by atoms with van der Waals surface area (Å²) in [6, 6.07) is 14.7. The van der Waals surface area contributed by atoms with Crippen molar-refractivity contribution in [3.05, 3.63) is 202 Å². The largest absolute Gasteiger partial charge is 0.377 e. The summed E-state index contributed by atoms with van der Waals surface area (Å²) < 4.78 is 144. The molecule has 4 aromatic carbocycles. The van der Waals surface area contributed by atoms with Crippen molar-refractivity contribution in [1.29, 1.82) is 0 Å². The van der Waals surface area contributed by atoms with Crippen molar-refractivity contribution in [2.75, 3.05) is 0 Å². The topological polar surface area (TPSA) is 179 Å². The highest BCUT2D eigenvalue weighted by atomic mass is 19.3. The van der Waals surface area contributed by atoms with Crippen molar-refractivity contribution in [3.63, 3.8) is 0 Å². The number of aliphatic hydroxyl groups is 2. The number of hydrogen-bond acceptors (Lipinski definition) is 12. The molecule has 0 bridgehead atoms. The Bertz CT molecular complexity index is 3010. The average Bonchev–Trinajstić information content (AvgIpc) is 4.04. The van der Waals surface area contributed by atoms with Crippen LogP contribution in [0.4, 0.5) is 43.9 Å². The lowest BCUT2D eigenvalue weighted by Gasteiger charge is -2.35. The number of hydrogen-bond donors (Lipinski definition) is 2. The van der Waals surface area contributed by atoms with Crippen LogP contribution in [0.2, 0.25) is 0 Å². The second-order valence-corrected chi connectivity index (χ2v) is 14.6. The lowest BCUT2D eigenvalue weighted by atomic mass is 9.85. The molecule has 0 aliphatic carbocycles. The number of alkyl halides is 4. The van der Waals surface area contributed by atoms with Gasteiger partial charge in [0.25, 0.3) is 0 Å². The maximum absolute atomic E-state index is 15.6. The maximum atomic E-state index is 15.6. The molecule has 2 N–H and O–H groups in total. The van der Waals surface area contributed by atoms with E-state index in [1.807, 2.05) is 0 Å². The molecule has 0 aliphatic rings. The summed E-state index contributed by atoms with van der Waals surface area (Å²) in [6.45, 7) is -2.03. The maximum Gasteiger partial charge on any atom is 0.325 e. The fourth-order valence-corrected chi connectivity index (χ4v) is 6.51. The van der Waals surface area contributed by atoms with Gasteiger partial charge in [-0.2, -0.15) is 27.2 Å². The van der Waals surface area contributed by atoms with Crippen LogP contribution in [-0.2, 0) is 49.0 Å². The lowest BCUT2D eigenvalue weighted by molar-refractivity contribution is -0.209. The van der Waals surface area contributed by atoms with Gasteiger partial charge in [0.05, 0.1) is 24.3 Å². The van der Waals surface area contributed by atoms with Crippen molar-refractivity contribution >= 4 is 0 Å². The Hall–Kier alpha value is -8.04. The smallest absolute Gasteiger partial charge is 0.325 e. The van der Waals surface area contributed by atoms with Crippen molar-refractivity contribution in [2.24, 2.45) is 0 Å². The fraction of sp³-hybridized carbons (Fsp3) is 0.182. The molecule has 0 saturated carbocycles. The molecule has 2 atom stereocenters. The van der Waals surface area contributed by atoms with E-state index in [-0.39, 0.29) is 11.5 Å². The first-order valence-electron chi connectivity index (χ1n) is 19.6. The SMILES string of the molecule is OC(Cn1ncnn1)(c1ccc(F)cc1F)C(F)(F)c1cnc(C#Cc2ccc(F)cc2)cn1.OC(Cn1ncnn1)(c1ccc(F)cc1F)C(F)(F)c1cnc(CCc2ccc(F)cc2)cn1. The molecule has 0 saturated heterocycles. The van der Waals surface area contributed by atoms with Crippen LogP contribution in [0.15, 0.2) is 122 Å². The minimum atomic E-state index is -4.24. The number of rotatable bonds is 13.